The summed E-state index contributed by atoms with van der Waals surface area (Å²) in [5, 5.41) is 0. The smallest absolute Gasteiger partial charge is 0.0959 e. The standard InChI is InChI=1S/C12H22N2O.C2H6/c1-13(2)9-10-14(3)11-5-7-12(15-4)8-6-11;1-2/h5,7H,6,8-10H2,1-4H3;1-2H3. The molecule has 1 aliphatic carbocycles. The lowest BCUT2D eigenvalue weighted by atomic mass is 10.1. The van der Waals surface area contributed by atoms with E-state index in [2.05, 4.69) is 43.1 Å². The van der Waals surface area contributed by atoms with Crippen molar-refractivity contribution in [3.8, 4) is 0 Å². The first-order chi connectivity index (χ1) is 8.13. The van der Waals surface area contributed by atoms with Crippen molar-refractivity contribution >= 4 is 0 Å². The van der Waals surface area contributed by atoms with Gasteiger partial charge < -0.3 is 14.5 Å². The number of methoxy groups -OCH3 is 1. The van der Waals surface area contributed by atoms with E-state index < -0.39 is 0 Å². The molecule has 0 spiro atoms. The Hall–Kier alpha value is -0.960. The molecule has 0 unspecified atom stereocenters. The van der Waals surface area contributed by atoms with E-state index in [1.807, 2.05) is 13.8 Å². The molecule has 17 heavy (non-hydrogen) atoms. The van der Waals surface area contributed by atoms with Crippen molar-refractivity contribution in [3.63, 3.8) is 0 Å². The minimum Gasteiger partial charge on any atom is -0.501 e. The predicted molar refractivity (Wildman–Crippen MR) is 74.9 cm³/mol. The van der Waals surface area contributed by atoms with Gasteiger partial charge in [-0.15, -0.1) is 0 Å². The molecule has 0 fully saturated rings. The number of rotatable bonds is 5. The fourth-order valence-electron chi connectivity index (χ4n) is 1.59. The molecule has 3 nitrogen and oxygen atoms in total. The van der Waals surface area contributed by atoms with Gasteiger partial charge in [-0.25, -0.2) is 0 Å². The largest absolute Gasteiger partial charge is 0.501 e. The zero-order valence-electron chi connectivity index (χ0n) is 12.3. The Bertz CT molecular complexity index is 257. The number of allylic oxidation sites excluding steroid dienone is 4. The molecule has 0 aliphatic heterocycles. The lowest BCUT2D eigenvalue weighted by molar-refractivity contribution is 0.266. The Morgan fingerprint density at radius 1 is 1.06 bits per heavy atom. The van der Waals surface area contributed by atoms with E-state index >= 15 is 0 Å². The second-order valence-electron chi connectivity index (χ2n) is 4.22. The van der Waals surface area contributed by atoms with Crippen molar-refractivity contribution in [3.05, 3.63) is 23.6 Å². The average molecular weight is 240 g/mol. The van der Waals surface area contributed by atoms with Crippen LogP contribution in [0.3, 0.4) is 0 Å². The number of likely N-dealkylation sites (N-methyl/N-ethyl adjacent to an activating group) is 2. The fourth-order valence-corrected chi connectivity index (χ4v) is 1.59. The lowest BCUT2D eigenvalue weighted by Crippen LogP contribution is -2.28. The molecule has 0 bridgehead atoms. The third-order valence-corrected chi connectivity index (χ3v) is 2.72. The molecule has 0 saturated heterocycles. The summed E-state index contributed by atoms with van der Waals surface area (Å²) in [5.41, 5.74) is 1.40. The first-order valence-corrected chi connectivity index (χ1v) is 6.43. The molecule has 3 heteroatoms. The van der Waals surface area contributed by atoms with Gasteiger partial charge in [-0.05, 0) is 32.7 Å². The van der Waals surface area contributed by atoms with Crippen LogP contribution < -0.4 is 0 Å². The maximum Gasteiger partial charge on any atom is 0.0959 e. The molecule has 0 N–H and O–H groups in total. The van der Waals surface area contributed by atoms with Crippen LogP contribution in [0.5, 0.6) is 0 Å². The molecule has 0 atom stereocenters. The maximum absolute atomic E-state index is 5.21. The summed E-state index contributed by atoms with van der Waals surface area (Å²) in [6.45, 7) is 6.17. The molecule has 0 aromatic heterocycles. The molecule has 0 heterocycles. The van der Waals surface area contributed by atoms with E-state index in [4.69, 9.17) is 4.74 Å². The van der Waals surface area contributed by atoms with Crippen molar-refractivity contribution in [2.75, 3.05) is 41.3 Å². The second-order valence-corrected chi connectivity index (χ2v) is 4.22. The van der Waals surface area contributed by atoms with Gasteiger partial charge in [-0.3, -0.25) is 0 Å². The second kappa shape index (κ2) is 9.11. The fraction of sp³-hybridized carbons (Fsp3) is 0.714. The van der Waals surface area contributed by atoms with E-state index in [-0.39, 0.29) is 0 Å². The summed E-state index contributed by atoms with van der Waals surface area (Å²) in [6, 6.07) is 0. The van der Waals surface area contributed by atoms with E-state index in [1.165, 1.54) is 5.70 Å². The van der Waals surface area contributed by atoms with Crippen LogP contribution >= 0.6 is 0 Å². The van der Waals surface area contributed by atoms with Gasteiger partial charge in [0.1, 0.15) is 0 Å². The molecule has 100 valence electrons. The van der Waals surface area contributed by atoms with Crippen molar-refractivity contribution in [1.29, 1.82) is 0 Å². The van der Waals surface area contributed by atoms with Crippen LogP contribution in [0.4, 0.5) is 0 Å². The first kappa shape index (κ1) is 16.0. The lowest BCUT2D eigenvalue weighted by Gasteiger charge is -2.26. The predicted octanol–water partition coefficient (Wildman–Crippen LogP) is 2.71. The van der Waals surface area contributed by atoms with Crippen LogP contribution in [0.1, 0.15) is 26.7 Å². The zero-order chi connectivity index (χ0) is 13.3. The van der Waals surface area contributed by atoms with Crippen LogP contribution in [0, 0.1) is 0 Å². The summed E-state index contributed by atoms with van der Waals surface area (Å²) in [4.78, 5) is 4.53. The minimum atomic E-state index is 1.02. The molecule has 0 amide bonds. The van der Waals surface area contributed by atoms with Gasteiger partial charge in [0, 0.05) is 32.3 Å². The highest BCUT2D eigenvalue weighted by molar-refractivity contribution is 5.20. The molecular formula is C14H28N2O. The van der Waals surface area contributed by atoms with E-state index in [9.17, 15) is 0 Å². The van der Waals surface area contributed by atoms with Crippen LogP contribution in [-0.4, -0.2) is 51.1 Å². The quantitative estimate of drug-likeness (QED) is 0.735. The van der Waals surface area contributed by atoms with E-state index in [0.717, 1.165) is 31.7 Å². The third kappa shape index (κ3) is 6.37. The number of hydrogen-bond donors (Lipinski definition) is 0. The highest BCUT2D eigenvalue weighted by Crippen LogP contribution is 2.20. The summed E-state index contributed by atoms with van der Waals surface area (Å²) in [7, 11) is 8.10. The van der Waals surface area contributed by atoms with Gasteiger partial charge in [0.05, 0.1) is 12.9 Å². The number of nitrogens with zero attached hydrogens (tertiary/aromatic N) is 2. The highest BCUT2D eigenvalue weighted by Gasteiger charge is 2.10. The molecular weight excluding hydrogens is 212 g/mol. The van der Waals surface area contributed by atoms with Crippen molar-refractivity contribution < 1.29 is 4.74 Å². The topological polar surface area (TPSA) is 15.7 Å². The van der Waals surface area contributed by atoms with Crippen molar-refractivity contribution in [2.45, 2.75) is 26.7 Å². The van der Waals surface area contributed by atoms with Gasteiger partial charge in [0.2, 0.25) is 0 Å². The van der Waals surface area contributed by atoms with Gasteiger partial charge >= 0.3 is 0 Å². The molecule has 1 aliphatic rings. The number of ether oxygens (including phenoxy) is 1. The normalized spacial score (nSPS) is 14.5. The van der Waals surface area contributed by atoms with E-state index in [1.54, 1.807) is 7.11 Å². The van der Waals surface area contributed by atoms with Crippen LogP contribution in [0.15, 0.2) is 23.6 Å². The Kier molecular flexibility index (Phi) is 8.60. The van der Waals surface area contributed by atoms with Crippen molar-refractivity contribution in [2.24, 2.45) is 0 Å². The molecule has 0 radical (unpaired) electrons. The Labute approximate surface area is 107 Å². The van der Waals surface area contributed by atoms with E-state index in [0.29, 0.717) is 0 Å². The number of hydrogen-bond acceptors (Lipinski definition) is 3. The average Bonchev–Trinajstić information content (AvgIpc) is 2.38. The SMILES string of the molecule is CC.COC1=CC=C(N(C)CCN(C)C)CC1. The highest BCUT2D eigenvalue weighted by atomic mass is 16.5. The zero-order valence-corrected chi connectivity index (χ0v) is 12.3. The van der Waals surface area contributed by atoms with Gasteiger partial charge in [-0.2, -0.15) is 0 Å². The Morgan fingerprint density at radius 2 is 1.71 bits per heavy atom. The maximum atomic E-state index is 5.21. The summed E-state index contributed by atoms with van der Waals surface area (Å²) < 4.78 is 5.21. The van der Waals surface area contributed by atoms with Gasteiger partial charge in [-0.1, -0.05) is 13.8 Å². The Morgan fingerprint density at radius 3 is 2.12 bits per heavy atom. The van der Waals surface area contributed by atoms with Crippen LogP contribution in [0.2, 0.25) is 0 Å². The third-order valence-electron chi connectivity index (χ3n) is 2.72. The molecule has 1 rings (SSSR count). The van der Waals surface area contributed by atoms with Gasteiger partial charge in [0.25, 0.3) is 0 Å². The monoisotopic (exact) mass is 240 g/mol. The molecule has 0 aromatic rings. The van der Waals surface area contributed by atoms with Crippen LogP contribution in [0.25, 0.3) is 0 Å². The van der Waals surface area contributed by atoms with Crippen LogP contribution in [-0.2, 0) is 4.74 Å². The summed E-state index contributed by atoms with van der Waals surface area (Å²) in [5.74, 6) is 1.08. The summed E-state index contributed by atoms with van der Waals surface area (Å²) in [6.07, 6.45) is 6.35. The Balaban J connectivity index is 0.00000121. The summed E-state index contributed by atoms with van der Waals surface area (Å²) >= 11 is 0. The molecule has 0 saturated carbocycles. The first-order valence-electron chi connectivity index (χ1n) is 6.43. The molecule has 0 aromatic carbocycles. The van der Waals surface area contributed by atoms with Crippen molar-refractivity contribution in [1.82, 2.24) is 9.80 Å². The minimum absolute atomic E-state index is 1.02. The van der Waals surface area contributed by atoms with Gasteiger partial charge in [0.15, 0.2) is 0 Å².